The SMILES string of the molecule is CS(=O)(=O)CCCC(=O)c1cccc2cccnc12. The van der Waals surface area contributed by atoms with Gasteiger partial charge in [0.15, 0.2) is 5.78 Å². The van der Waals surface area contributed by atoms with Gasteiger partial charge in [0.05, 0.1) is 11.3 Å². The fourth-order valence-corrected chi connectivity index (χ4v) is 2.63. The zero-order valence-corrected chi connectivity index (χ0v) is 11.5. The summed E-state index contributed by atoms with van der Waals surface area (Å²) in [5, 5.41) is 0.913. The van der Waals surface area contributed by atoms with Gasteiger partial charge < -0.3 is 0 Å². The van der Waals surface area contributed by atoms with E-state index < -0.39 is 9.84 Å². The van der Waals surface area contributed by atoms with Crippen molar-refractivity contribution < 1.29 is 13.2 Å². The number of Topliss-reactive ketones (excluding diaryl/α,β-unsaturated/α-hetero) is 1. The van der Waals surface area contributed by atoms with E-state index in [-0.39, 0.29) is 18.0 Å². The molecule has 0 N–H and O–H groups in total. The molecule has 0 unspecified atom stereocenters. The molecule has 19 heavy (non-hydrogen) atoms. The summed E-state index contributed by atoms with van der Waals surface area (Å²) in [7, 11) is -3.01. The topological polar surface area (TPSA) is 64.1 Å². The summed E-state index contributed by atoms with van der Waals surface area (Å²) in [6, 6.07) is 9.16. The first-order valence-corrected chi connectivity index (χ1v) is 8.08. The minimum Gasteiger partial charge on any atom is -0.294 e. The van der Waals surface area contributed by atoms with Crippen LogP contribution in [0.15, 0.2) is 36.5 Å². The predicted molar refractivity (Wildman–Crippen MR) is 75.0 cm³/mol. The molecule has 0 radical (unpaired) electrons. The second kappa shape index (κ2) is 5.48. The molecule has 100 valence electrons. The van der Waals surface area contributed by atoms with Crippen LogP contribution in [0.2, 0.25) is 0 Å². The molecule has 0 bridgehead atoms. The van der Waals surface area contributed by atoms with Gasteiger partial charge in [0.1, 0.15) is 9.84 Å². The number of carbonyl (C=O) groups excluding carboxylic acids is 1. The Hall–Kier alpha value is -1.75. The van der Waals surface area contributed by atoms with Gasteiger partial charge in [-0.3, -0.25) is 9.78 Å². The van der Waals surface area contributed by atoms with E-state index in [2.05, 4.69) is 4.98 Å². The average Bonchev–Trinajstić information content (AvgIpc) is 2.36. The lowest BCUT2D eigenvalue weighted by Gasteiger charge is -2.04. The number of nitrogens with zero attached hydrogens (tertiary/aromatic N) is 1. The Bertz CT molecular complexity index is 702. The van der Waals surface area contributed by atoms with Crippen molar-refractivity contribution in [3.8, 4) is 0 Å². The molecule has 0 spiro atoms. The number of rotatable bonds is 5. The number of fused-ring (bicyclic) bond motifs is 1. The smallest absolute Gasteiger partial charge is 0.165 e. The summed E-state index contributed by atoms with van der Waals surface area (Å²) in [6.45, 7) is 0. The summed E-state index contributed by atoms with van der Waals surface area (Å²) in [6.07, 6.45) is 3.40. The fourth-order valence-electron chi connectivity index (χ4n) is 1.96. The second-order valence-electron chi connectivity index (χ2n) is 4.54. The molecule has 0 fully saturated rings. The minimum absolute atomic E-state index is 0.0386. The molecule has 1 aromatic heterocycles. The maximum Gasteiger partial charge on any atom is 0.165 e. The number of carbonyl (C=O) groups is 1. The highest BCUT2D eigenvalue weighted by Gasteiger charge is 2.12. The van der Waals surface area contributed by atoms with Crippen LogP contribution in [0.25, 0.3) is 10.9 Å². The van der Waals surface area contributed by atoms with E-state index in [0.717, 1.165) is 5.39 Å². The molecule has 5 heteroatoms. The first kappa shape index (κ1) is 13.7. The van der Waals surface area contributed by atoms with E-state index in [1.165, 1.54) is 6.26 Å². The van der Waals surface area contributed by atoms with Crippen LogP contribution in [-0.2, 0) is 9.84 Å². The van der Waals surface area contributed by atoms with Gasteiger partial charge in [0, 0.05) is 29.8 Å². The average molecular weight is 277 g/mol. The van der Waals surface area contributed by atoms with Gasteiger partial charge in [-0.05, 0) is 18.6 Å². The molecule has 2 rings (SSSR count). The lowest BCUT2D eigenvalue weighted by atomic mass is 10.0. The normalized spacial score (nSPS) is 11.6. The molecule has 1 heterocycles. The molecular formula is C14H15NO3S. The first-order chi connectivity index (χ1) is 8.97. The van der Waals surface area contributed by atoms with Crippen LogP contribution in [0.1, 0.15) is 23.2 Å². The molecule has 0 atom stereocenters. The molecule has 1 aromatic carbocycles. The Morgan fingerprint density at radius 2 is 1.95 bits per heavy atom. The van der Waals surface area contributed by atoms with Crippen LogP contribution in [-0.4, -0.2) is 31.2 Å². The van der Waals surface area contributed by atoms with Gasteiger partial charge in [-0.15, -0.1) is 0 Å². The number of pyridine rings is 1. The van der Waals surface area contributed by atoms with Gasteiger partial charge in [-0.2, -0.15) is 0 Å². The third kappa shape index (κ3) is 3.61. The number of hydrogen-bond donors (Lipinski definition) is 0. The van der Waals surface area contributed by atoms with E-state index >= 15 is 0 Å². The Balaban J connectivity index is 2.18. The maximum atomic E-state index is 12.1. The van der Waals surface area contributed by atoms with E-state index in [1.54, 1.807) is 12.3 Å². The summed E-state index contributed by atoms with van der Waals surface area (Å²) in [5.41, 5.74) is 1.24. The van der Waals surface area contributed by atoms with Crippen LogP contribution in [0.3, 0.4) is 0 Å². The van der Waals surface area contributed by atoms with Gasteiger partial charge in [-0.25, -0.2) is 8.42 Å². The van der Waals surface area contributed by atoms with Crippen molar-refractivity contribution in [2.75, 3.05) is 12.0 Å². The molecular weight excluding hydrogens is 262 g/mol. The van der Waals surface area contributed by atoms with Crippen LogP contribution >= 0.6 is 0 Å². The molecule has 0 saturated heterocycles. The van der Waals surface area contributed by atoms with Gasteiger partial charge >= 0.3 is 0 Å². The van der Waals surface area contributed by atoms with Gasteiger partial charge in [0.2, 0.25) is 0 Å². The van der Waals surface area contributed by atoms with Crippen molar-refractivity contribution in [3.05, 3.63) is 42.1 Å². The van der Waals surface area contributed by atoms with Gasteiger partial charge in [0.25, 0.3) is 0 Å². The summed E-state index contributed by atoms with van der Waals surface area (Å²) in [5.74, 6) is -0.0235. The minimum atomic E-state index is -3.01. The number of benzene rings is 1. The van der Waals surface area contributed by atoms with Crippen LogP contribution in [0.4, 0.5) is 0 Å². The quantitative estimate of drug-likeness (QED) is 0.786. The highest BCUT2D eigenvalue weighted by molar-refractivity contribution is 7.90. The molecule has 0 saturated carbocycles. The van der Waals surface area contributed by atoms with Gasteiger partial charge in [-0.1, -0.05) is 18.2 Å². The van der Waals surface area contributed by atoms with Crippen molar-refractivity contribution in [2.24, 2.45) is 0 Å². The zero-order valence-electron chi connectivity index (χ0n) is 10.7. The van der Waals surface area contributed by atoms with Crippen molar-refractivity contribution in [1.82, 2.24) is 4.98 Å². The number of ketones is 1. The molecule has 0 aliphatic carbocycles. The lowest BCUT2D eigenvalue weighted by molar-refractivity contribution is 0.0983. The van der Waals surface area contributed by atoms with Crippen molar-refractivity contribution in [1.29, 1.82) is 0 Å². The largest absolute Gasteiger partial charge is 0.294 e. The standard InChI is InChI=1S/C14H15NO3S/c1-19(17,18)10-4-8-13(16)12-7-2-5-11-6-3-9-15-14(11)12/h2-3,5-7,9H,4,8,10H2,1H3. The number of aromatic nitrogens is 1. The summed E-state index contributed by atoms with van der Waals surface area (Å²) < 4.78 is 22.1. The lowest BCUT2D eigenvalue weighted by Crippen LogP contribution is -2.07. The van der Waals surface area contributed by atoms with Crippen molar-refractivity contribution >= 4 is 26.5 Å². The third-order valence-electron chi connectivity index (χ3n) is 2.85. The van der Waals surface area contributed by atoms with Crippen molar-refractivity contribution in [3.63, 3.8) is 0 Å². The van der Waals surface area contributed by atoms with E-state index in [1.807, 2.05) is 24.3 Å². The predicted octanol–water partition coefficient (Wildman–Crippen LogP) is 2.24. The van der Waals surface area contributed by atoms with E-state index in [0.29, 0.717) is 17.5 Å². The second-order valence-corrected chi connectivity index (χ2v) is 6.80. The number of hydrogen-bond acceptors (Lipinski definition) is 4. The maximum absolute atomic E-state index is 12.1. The number of sulfone groups is 1. The Kier molecular flexibility index (Phi) is 3.95. The molecule has 2 aromatic rings. The molecule has 0 aliphatic heterocycles. The summed E-state index contributed by atoms with van der Waals surface area (Å²) in [4.78, 5) is 16.3. The first-order valence-electron chi connectivity index (χ1n) is 6.02. The number of para-hydroxylation sites is 1. The highest BCUT2D eigenvalue weighted by Crippen LogP contribution is 2.18. The zero-order chi connectivity index (χ0) is 13.9. The Labute approximate surface area is 112 Å². The monoisotopic (exact) mass is 277 g/mol. The molecule has 4 nitrogen and oxygen atoms in total. The van der Waals surface area contributed by atoms with Crippen LogP contribution < -0.4 is 0 Å². The third-order valence-corrected chi connectivity index (χ3v) is 3.88. The molecule has 0 amide bonds. The summed E-state index contributed by atoms with van der Waals surface area (Å²) >= 11 is 0. The van der Waals surface area contributed by atoms with Crippen LogP contribution in [0.5, 0.6) is 0 Å². The van der Waals surface area contributed by atoms with Crippen molar-refractivity contribution in [2.45, 2.75) is 12.8 Å². The van der Waals surface area contributed by atoms with E-state index in [9.17, 15) is 13.2 Å². The Morgan fingerprint density at radius 3 is 2.68 bits per heavy atom. The fraction of sp³-hybridized carbons (Fsp3) is 0.286. The van der Waals surface area contributed by atoms with Crippen LogP contribution in [0, 0.1) is 0 Å². The highest BCUT2D eigenvalue weighted by atomic mass is 32.2. The molecule has 0 aliphatic rings. The van der Waals surface area contributed by atoms with E-state index in [4.69, 9.17) is 0 Å². The Morgan fingerprint density at radius 1 is 1.21 bits per heavy atom.